The predicted octanol–water partition coefficient (Wildman–Crippen LogP) is 3.79. The average molecular weight is 293 g/mol. The second-order valence-corrected chi connectivity index (χ2v) is 5.14. The lowest BCUT2D eigenvalue weighted by Gasteiger charge is -2.14. The van der Waals surface area contributed by atoms with E-state index in [1.807, 2.05) is 27.8 Å². The van der Waals surface area contributed by atoms with Crippen molar-refractivity contribution in [3.63, 3.8) is 0 Å². The van der Waals surface area contributed by atoms with Gasteiger partial charge in [0.15, 0.2) is 0 Å². The fourth-order valence-electron chi connectivity index (χ4n) is 1.67. The van der Waals surface area contributed by atoms with Crippen LogP contribution in [0.4, 0.5) is 5.82 Å². The van der Waals surface area contributed by atoms with Crippen molar-refractivity contribution < 1.29 is 4.74 Å². The number of hydrogen-bond donors (Lipinski definition) is 1. The summed E-state index contributed by atoms with van der Waals surface area (Å²) in [6, 6.07) is 1.70. The minimum Gasteiger partial charge on any atom is -0.437 e. The van der Waals surface area contributed by atoms with Crippen molar-refractivity contribution in [1.82, 2.24) is 15.0 Å². The third kappa shape index (κ3) is 3.17. The van der Waals surface area contributed by atoms with Gasteiger partial charge in [0.05, 0.1) is 16.8 Å². The van der Waals surface area contributed by atoms with Gasteiger partial charge < -0.3 is 10.1 Å². The molecule has 1 N–H and O–H groups in total. The summed E-state index contributed by atoms with van der Waals surface area (Å²) >= 11 is 5.90. The van der Waals surface area contributed by atoms with Gasteiger partial charge in [-0.05, 0) is 6.92 Å². The van der Waals surface area contributed by atoms with Gasteiger partial charge in [-0.2, -0.15) is 4.98 Å². The summed E-state index contributed by atoms with van der Waals surface area (Å²) in [5.74, 6) is 2.76. The second-order valence-electron chi connectivity index (χ2n) is 4.71. The van der Waals surface area contributed by atoms with Crippen molar-refractivity contribution in [3.8, 4) is 11.6 Å². The van der Waals surface area contributed by atoms with Gasteiger partial charge in [0.25, 0.3) is 0 Å². The van der Waals surface area contributed by atoms with E-state index in [-0.39, 0.29) is 5.92 Å². The highest BCUT2D eigenvalue weighted by Crippen LogP contribution is 2.29. The van der Waals surface area contributed by atoms with Gasteiger partial charge in [0.1, 0.15) is 17.4 Å². The highest BCUT2D eigenvalue weighted by molar-refractivity contribution is 6.30. The number of aromatic nitrogens is 3. The quantitative estimate of drug-likeness (QED) is 0.929. The Morgan fingerprint density at radius 1 is 1.25 bits per heavy atom. The zero-order chi connectivity index (χ0) is 14.7. The van der Waals surface area contributed by atoms with Crippen molar-refractivity contribution in [3.05, 3.63) is 34.9 Å². The molecule has 2 aromatic heterocycles. The molecule has 0 unspecified atom stereocenters. The number of hydrogen-bond acceptors (Lipinski definition) is 5. The maximum atomic E-state index is 5.90. The normalized spacial score (nSPS) is 10.7. The van der Waals surface area contributed by atoms with Gasteiger partial charge in [-0.15, -0.1) is 0 Å². The lowest BCUT2D eigenvalue weighted by atomic mass is 10.2. The van der Waals surface area contributed by atoms with Crippen LogP contribution in [-0.2, 0) is 0 Å². The minimum atomic E-state index is 0.211. The standard InChI is InChI=1S/C14H17ClN4O/c1-8(2)12-18-13(16-4)9(3)14(19-12)20-11-5-10(15)6-17-7-11/h5-8H,1-4H3,(H,16,18,19). The Kier molecular flexibility index (Phi) is 4.39. The molecule has 106 valence electrons. The number of rotatable bonds is 4. The molecule has 20 heavy (non-hydrogen) atoms. The van der Waals surface area contributed by atoms with Crippen molar-refractivity contribution in [2.45, 2.75) is 26.7 Å². The number of anilines is 1. The number of ether oxygens (including phenoxy) is 1. The Balaban J connectivity index is 2.42. The molecule has 0 radical (unpaired) electrons. The van der Waals surface area contributed by atoms with Crippen molar-refractivity contribution in [2.24, 2.45) is 0 Å². The Bertz CT molecular complexity index is 616. The van der Waals surface area contributed by atoms with E-state index in [0.717, 1.165) is 17.2 Å². The molecule has 0 aliphatic rings. The molecule has 0 saturated heterocycles. The molecule has 0 bridgehead atoms. The maximum absolute atomic E-state index is 5.90. The van der Waals surface area contributed by atoms with E-state index >= 15 is 0 Å². The Labute approximate surface area is 123 Å². The first-order valence-electron chi connectivity index (χ1n) is 6.36. The molecule has 0 saturated carbocycles. The summed E-state index contributed by atoms with van der Waals surface area (Å²) in [6.45, 7) is 5.98. The van der Waals surface area contributed by atoms with Crippen LogP contribution in [0, 0.1) is 6.92 Å². The predicted molar refractivity (Wildman–Crippen MR) is 79.7 cm³/mol. The van der Waals surface area contributed by atoms with Gasteiger partial charge in [-0.3, -0.25) is 4.98 Å². The average Bonchev–Trinajstić information content (AvgIpc) is 2.41. The van der Waals surface area contributed by atoms with Crippen LogP contribution in [0.15, 0.2) is 18.5 Å². The van der Waals surface area contributed by atoms with Gasteiger partial charge in [0.2, 0.25) is 5.88 Å². The Morgan fingerprint density at radius 3 is 2.60 bits per heavy atom. The summed E-state index contributed by atoms with van der Waals surface area (Å²) in [4.78, 5) is 12.9. The van der Waals surface area contributed by atoms with E-state index in [2.05, 4.69) is 20.3 Å². The monoisotopic (exact) mass is 292 g/mol. The zero-order valence-corrected chi connectivity index (χ0v) is 12.7. The third-order valence-electron chi connectivity index (χ3n) is 2.77. The lowest BCUT2D eigenvalue weighted by Crippen LogP contribution is -2.06. The van der Waals surface area contributed by atoms with Crippen molar-refractivity contribution >= 4 is 17.4 Å². The molecule has 0 atom stereocenters. The smallest absolute Gasteiger partial charge is 0.227 e. The number of nitrogens with zero attached hydrogens (tertiary/aromatic N) is 3. The molecule has 0 aliphatic heterocycles. The molecule has 2 aromatic rings. The molecule has 0 amide bonds. The van der Waals surface area contributed by atoms with E-state index in [0.29, 0.717) is 16.7 Å². The highest BCUT2D eigenvalue weighted by Gasteiger charge is 2.14. The molecule has 0 aliphatic carbocycles. The van der Waals surface area contributed by atoms with Crippen LogP contribution < -0.4 is 10.1 Å². The minimum absolute atomic E-state index is 0.211. The van der Waals surface area contributed by atoms with Crippen LogP contribution in [0.3, 0.4) is 0 Å². The van der Waals surface area contributed by atoms with E-state index < -0.39 is 0 Å². The van der Waals surface area contributed by atoms with Crippen molar-refractivity contribution in [1.29, 1.82) is 0 Å². The van der Waals surface area contributed by atoms with E-state index in [4.69, 9.17) is 16.3 Å². The second kappa shape index (κ2) is 6.05. The van der Waals surface area contributed by atoms with Crippen LogP contribution in [0.25, 0.3) is 0 Å². The summed E-state index contributed by atoms with van der Waals surface area (Å²) in [5, 5.41) is 3.58. The highest BCUT2D eigenvalue weighted by atomic mass is 35.5. The Hall–Kier alpha value is -1.88. The molecule has 2 heterocycles. The molecule has 6 heteroatoms. The lowest BCUT2D eigenvalue weighted by molar-refractivity contribution is 0.451. The van der Waals surface area contributed by atoms with E-state index in [1.165, 1.54) is 0 Å². The molecular weight excluding hydrogens is 276 g/mol. The first kappa shape index (κ1) is 14.5. The number of pyridine rings is 1. The van der Waals surface area contributed by atoms with Crippen LogP contribution in [0.2, 0.25) is 5.02 Å². The molecular formula is C14H17ClN4O. The summed E-state index contributed by atoms with van der Waals surface area (Å²) < 4.78 is 5.79. The summed E-state index contributed by atoms with van der Waals surface area (Å²) in [7, 11) is 1.82. The van der Waals surface area contributed by atoms with Crippen LogP contribution >= 0.6 is 11.6 Å². The first-order chi connectivity index (χ1) is 9.51. The summed E-state index contributed by atoms with van der Waals surface area (Å²) in [5.41, 5.74) is 0.844. The molecule has 0 fully saturated rings. The van der Waals surface area contributed by atoms with Crippen LogP contribution in [0.5, 0.6) is 11.6 Å². The molecule has 2 rings (SSSR count). The van der Waals surface area contributed by atoms with Crippen LogP contribution in [0.1, 0.15) is 31.2 Å². The molecule has 0 spiro atoms. The SMILES string of the molecule is CNc1nc(C(C)C)nc(Oc2cncc(Cl)c2)c1C. The molecule has 0 aromatic carbocycles. The Morgan fingerprint density at radius 2 is 2.00 bits per heavy atom. The third-order valence-corrected chi connectivity index (χ3v) is 2.97. The fraction of sp³-hybridized carbons (Fsp3) is 0.357. The van der Waals surface area contributed by atoms with Crippen LogP contribution in [-0.4, -0.2) is 22.0 Å². The summed E-state index contributed by atoms with van der Waals surface area (Å²) in [6.07, 6.45) is 3.15. The molecule has 5 nitrogen and oxygen atoms in total. The topological polar surface area (TPSA) is 59.9 Å². The maximum Gasteiger partial charge on any atom is 0.227 e. The van der Waals surface area contributed by atoms with Gasteiger partial charge >= 0.3 is 0 Å². The first-order valence-corrected chi connectivity index (χ1v) is 6.73. The zero-order valence-electron chi connectivity index (χ0n) is 11.9. The fourth-order valence-corrected chi connectivity index (χ4v) is 1.84. The number of nitrogens with one attached hydrogen (secondary N) is 1. The van der Waals surface area contributed by atoms with E-state index in [9.17, 15) is 0 Å². The number of halogens is 1. The largest absolute Gasteiger partial charge is 0.437 e. The van der Waals surface area contributed by atoms with Gasteiger partial charge in [0, 0.05) is 25.2 Å². The van der Waals surface area contributed by atoms with Crippen molar-refractivity contribution in [2.75, 3.05) is 12.4 Å². The van der Waals surface area contributed by atoms with E-state index in [1.54, 1.807) is 18.5 Å². The van der Waals surface area contributed by atoms with Gasteiger partial charge in [-0.1, -0.05) is 25.4 Å². The van der Waals surface area contributed by atoms with Gasteiger partial charge in [-0.25, -0.2) is 4.98 Å².